The summed E-state index contributed by atoms with van der Waals surface area (Å²) < 4.78 is -0.902. The molecule has 0 heterocycles. The quantitative estimate of drug-likeness (QED) is 0.619. The number of halogens is 2. The van der Waals surface area contributed by atoms with Gasteiger partial charge in [0.25, 0.3) is 0 Å². The molecule has 0 N–H and O–H groups in total. The molecule has 1 aliphatic rings. The second kappa shape index (κ2) is 5.19. The van der Waals surface area contributed by atoms with Crippen LogP contribution in [0.15, 0.2) is 29.2 Å². The third-order valence-electron chi connectivity index (χ3n) is 3.66. The van der Waals surface area contributed by atoms with E-state index < -0.39 is 9.75 Å². The lowest BCUT2D eigenvalue weighted by molar-refractivity contribution is -0.135. The van der Waals surface area contributed by atoms with E-state index in [0.717, 1.165) is 5.56 Å². The molecule has 1 aliphatic carbocycles. The van der Waals surface area contributed by atoms with Gasteiger partial charge in [0.05, 0.1) is 5.41 Å². The maximum Gasteiger partial charge on any atom is 0.231 e. The Kier molecular flexibility index (Phi) is 4.10. The van der Waals surface area contributed by atoms with E-state index in [4.69, 9.17) is 23.2 Å². The Morgan fingerprint density at radius 2 is 1.89 bits per heavy atom. The molecule has 2 nitrogen and oxygen atoms in total. The average molecular weight is 318 g/mol. The zero-order chi connectivity index (χ0) is 14.3. The van der Waals surface area contributed by atoms with E-state index in [0.29, 0.717) is 13.0 Å². The van der Waals surface area contributed by atoms with Crippen LogP contribution in [-0.4, -0.2) is 28.4 Å². The number of amides is 1. The number of carbonyl (C=O) groups excluding carboxylic acids is 1. The lowest BCUT2D eigenvalue weighted by atomic mass is 10.1. The van der Waals surface area contributed by atoms with Crippen molar-refractivity contribution in [3.63, 3.8) is 0 Å². The van der Waals surface area contributed by atoms with Crippen LogP contribution in [0.1, 0.15) is 18.9 Å². The summed E-state index contributed by atoms with van der Waals surface area (Å²) in [5.74, 6) is 0.00597. The van der Waals surface area contributed by atoms with Crippen molar-refractivity contribution in [2.75, 3.05) is 13.3 Å². The zero-order valence-electron chi connectivity index (χ0n) is 11.2. The van der Waals surface area contributed by atoms with Crippen LogP contribution in [0.3, 0.4) is 0 Å². The molecule has 0 spiro atoms. The molecule has 0 bridgehead atoms. The summed E-state index contributed by atoms with van der Waals surface area (Å²) in [4.78, 5) is 15.2. The largest absolute Gasteiger partial charge is 0.341 e. The zero-order valence-corrected chi connectivity index (χ0v) is 13.6. The molecule has 0 saturated heterocycles. The van der Waals surface area contributed by atoms with Crippen molar-refractivity contribution in [1.82, 2.24) is 4.90 Å². The maximum absolute atomic E-state index is 12.3. The van der Waals surface area contributed by atoms with Crippen molar-refractivity contribution in [3.8, 4) is 0 Å². The molecule has 1 fully saturated rings. The number of benzene rings is 1. The van der Waals surface area contributed by atoms with E-state index in [9.17, 15) is 4.79 Å². The Bertz CT molecular complexity index is 489. The molecule has 104 valence electrons. The Hall–Kier alpha value is -0.380. The highest BCUT2D eigenvalue weighted by molar-refractivity contribution is 7.98. The average Bonchev–Trinajstić information content (AvgIpc) is 2.89. The van der Waals surface area contributed by atoms with Gasteiger partial charge >= 0.3 is 0 Å². The van der Waals surface area contributed by atoms with Gasteiger partial charge in [-0.15, -0.1) is 35.0 Å². The lowest BCUT2D eigenvalue weighted by Crippen LogP contribution is -2.34. The lowest BCUT2D eigenvalue weighted by Gasteiger charge is -2.22. The highest BCUT2D eigenvalue weighted by atomic mass is 35.5. The second-order valence-corrected chi connectivity index (χ2v) is 7.59. The molecule has 19 heavy (non-hydrogen) atoms. The third-order valence-corrected chi connectivity index (χ3v) is 5.50. The molecule has 1 amide bonds. The number of nitrogens with zero attached hydrogens (tertiary/aromatic N) is 1. The molecular weight excluding hydrogens is 301 g/mol. The van der Waals surface area contributed by atoms with Gasteiger partial charge in [0, 0.05) is 18.5 Å². The van der Waals surface area contributed by atoms with Gasteiger partial charge in [-0.2, -0.15) is 0 Å². The van der Waals surface area contributed by atoms with Gasteiger partial charge in [-0.05, 0) is 37.3 Å². The van der Waals surface area contributed by atoms with Crippen molar-refractivity contribution in [2.24, 2.45) is 5.41 Å². The molecule has 1 unspecified atom stereocenters. The van der Waals surface area contributed by atoms with E-state index >= 15 is 0 Å². The molecule has 0 aliphatic heterocycles. The fraction of sp³-hybridized carbons (Fsp3) is 0.500. The molecule has 0 aromatic heterocycles. The minimum Gasteiger partial charge on any atom is -0.341 e. The normalized spacial score (nSPS) is 24.1. The van der Waals surface area contributed by atoms with Gasteiger partial charge in [0.1, 0.15) is 4.33 Å². The molecule has 2 rings (SSSR count). The van der Waals surface area contributed by atoms with Crippen LogP contribution in [0.5, 0.6) is 0 Å². The summed E-state index contributed by atoms with van der Waals surface area (Å²) in [7, 11) is 1.79. The minimum atomic E-state index is -0.902. The Morgan fingerprint density at radius 1 is 1.37 bits per heavy atom. The number of carbonyl (C=O) groups is 1. The molecule has 1 atom stereocenters. The van der Waals surface area contributed by atoms with Gasteiger partial charge in [-0.25, -0.2) is 0 Å². The van der Waals surface area contributed by atoms with E-state index in [-0.39, 0.29) is 5.91 Å². The number of alkyl halides is 2. The standard InChI is InChI=1S/C14H17Cl2NOS/c1-13(9-14(13,15)16)12(18)17(2)8-10-4-6-11(19-3)7-5-10/h4-7H,8-9H2,1-3H3. The van der Waals surface area contributed by atoms with E-state index in [1.165, 1.54) is 4.90 Å². The van der Waals surface area contributed by atoms with Crippen LogP contribution in [0.25, 0.3) is 0 Å². The van der Waals surface area contributed by atoms with Crippen LogP contribution in [0.2, 0.25) is 0 Å². The van der Waals surface area contributed by atoms with Gasteiger partial charge in [0.2, 0.25) is 5.91 Å². The molecular formula is C14H17Cl2NOS. The van der Waals surface area contributed by atoms with Gasteiger partial charge in [-0.3, -0.25) is 4.79 Å². The van der Waals surface area contributed by atoms with Crippen molar-refractivity contribution >= 4 is 40.9 Å². The van der Waals surface area contributed by atoms with E-state index in [1.807, 2.05) is 25.3 Å². The summed E-state index contributed by atoms with van der Waals surface area (Å²) in [6.07, 6.45) is 2.57. The van der Waals surface area contributed by atoms with Crippen molar-refractivity contribution < 1.29 is 4.79 Å². The first-order chi connectivity index (χ1) is 8.80. The van der Waals surface area contributed by atoms with E-state index in [2.05, 4.69) is 12.1 Å². The van der Waals surface area contributed by atoms with Gasteiger partial charge < -0.3 is 4.90 Å². The Labute approximate surface area is 128 Å². The first kappa shape index (κ1) is 15.0. The summed E-state index contributed by atoms with van der Waals surface area (Å²) in [6, 6.07) is 8.20. The fourth-order valence-electron chi connectivity index (χ4n) is 2.13. The Balaban J connectivity index is 2.01. The highest BCUT2D eigenvalue weighted by Gasteiger charge is 2.68. The first-order valence-corrected chi connectivity index (χ1v) is 8.04. The van der Waals surface area contributed by atoms with Crippen LogP contribution < -0.4 is 0 Å². The number of hydrogen-bond acceptors (Lipinski definition) is 2. The number of thioether (sulfide) groups is 1. The fourth-order valence-corrected chi connectivity index (χ4v) is 3.23. The topological polar surface area (TPSA) is 20.3 Å². The summed E-state index contributed by atoms with van der Waals surface area (Å²) >= 11 is 13.8. The molecule has 1 aromatic rings. The minimum absolute atomic E-state index is 0.00597. The van der Waals surface area contributed by atoms with Crippen molar-refractivity contribution in [2.45, 2.75) is 29.1 Å². The Morgan fingerprint density at radius 3 is 2.32 bits per heavy atom. The summed E-state index contributed by atoms with van der Waals surface area (Å²) in [5.41, 5.74) is 0.469. The van der Waals surface area contributed by atoms with Gasteiger partial charge in [-0.1, -0.05) is 12.1 Å². The molecule has 1 saturated carbocycles. The predicted octanol–water partition coefficient (Wildman–Crippen LogP) is 3.95. The first-order valence-electron chi connectivity index (χ1n) is 6.06. The number of hydrogen-bond donors (Lipinski definition) is 0. The van der Waals surface area contributed by atoms with Crippen LogP contribution in [0, 0.1) is 5.41 Å². The molecule has 1 aromatic carbocycles. The van der Waals surface area contributed by atoms with Gasteiger partial charge in [0.15, 0.2) is 0 Å². The predicted molar refractivity (Wildman–Crippen MR) is 81.9 cm³/mol. The number of rotatable bonds is 4. The summed E-state index contributed by atoms with van der Waals surface area (Å²) in [5, 5.41) is 0. The summed E-state index contributed by atoms with van der Waals surface area (Å²) in [6.45, 7) is 2.40. The van der Waals surface area contributed by atoms with E-state index in [1.54, 1.807) is 23.7 Å². The van der Waals surface area contributed by atoms with Crippen molar-refractivity contribution in [3.05, 3.63) is 29.8 Å². The SMILES string of the molecule is CSc1ccc(CN(C)C(=O)C2(C)CC2(Cl)Cl)cc1. The highest BCUT2D eigenvalue weighted by Crippen LogP contribution is 2.64. The van der Waals surface area contributed by atoms with Crippen molar-refractivity contribution in [1.29, 1.82) is 0 Å². The maximum atomic E-state index is 12.3. The van der Waals surface area contributed by atoms with Crippen LogP contribution in [0.4, 0.5) is 0 Å². The smallest absolute Gasteiger partial charge is 0.231 e. The molecule has 0 radical (unpaired) electrons. The van der Waals surface area contributed by atoms with Crippen LogP contribution >= 0.6 is 35.0 Å². The second-order valence-electron chi connectivity index (χ2n) is 5.22. The third kappa shape index (κ3) is 2.88. The van der Waals surface area contributed by atoms with Crippen LogP contribution in [-0.2, 0) is 11.3 Å². The molecule has 5 heteroatoms. The monoisotopic (exact) mass is 317 g/mol.